The number of rotatable bonds is 5. The third-order valence-electron chi connectivity index (χ3n) is 4.64. The zero-order chi connectivity index (χ0) is 21.7. The first-order chi connectivity index (χ1) is 12.0. The molecule has 0 unspecified atom stereocenters. The Morgan fingerprint density at radius 1 is 0.889 bits per heavy atom. The SMILES string of the molecule is CC(C)C(c1cc(O)c(C(C)(C)CC(C)(C)C)cc1O)C(C)C.O=[P+](O)O. The van der Waals surface area contributed by atoms with Gasteiger partial charge in [0.05, 0.1) is 0 Å². The van der Waals surface area contributed by atoms with E-state index in [4.69, 9.17) is 14.4 Å². The van der Waals surface area contributed by atoms with E-state index >= 15 is 0 Å². The first-order valence-electron chi connectivity index (χ1n) is 9.41. The molecule has 5 nitrogen and oxygen atoms in total. The molecule has 0 atom stereocenters. The summed E-state index contributed by atoms with van der Waals surface area (Å²) in [7, 11) is -2.87. The quantitative estimate of drug-likeness (QED) is 0.367. The van der Waals surface area contributed by atoms with Crippen LogP contribution in [0.2, 0.25) is 0 Å². The average molecular weight is 402 g/mol. The van der Waals surface area contributed by atoms with E-state index in [1.165, 1.54) is 0 Å². The normalized spacial score (nSPS) is 12.4. The van der Waals surface area contributed by atoms with E-state index < -0.39 is 8.25 Å². The van der Waals surface area contributed by atoms with Crippen molar-refractivity contribution in [1.29, 1.82) is 0 Å². The molecule has 6 heteroatoms. The molecule has 0 aliphatic rings. The number of hydrogen-bond acceptors (Lipinski definition) is 3. The van der Waals surface area contributed by atoms with Gasteiger partial charge in [0.2, 0.25) is 0 Å². The van der Waals surface area contributed by atoms with E-state index in [1.54, 1.807) is 12.1 Å². The van der Waals surface area contributed by atoms with Gasteiger partial charge in [0, 0.05) is 15.7 Å². The Hall–Kier alpha value is -1.16. The van der Waals surface area contributed by atoms with Crippen molar-refractivity contribution in [2.75, 3.05) is 0 Å². The first-order valence-corrected chi connectivity index (χ1v) is 10.6. The number of benzene rings is 1. The maximum atomic E-state index is 10.6. The minimum atomic E-state index is -2.87. The van der Waals surface area contributed by atoms with E-state index in [2.05, 4.69) is 62.3 Å². The van der Waals surface area contributed by atoms with Crippen LogP contribution in [0.3, 0.4) is 0 Å². The van der Waals surface area contributed by atoms with Gasteiger partial charge in [0.1, 0.15) is 11.5 Å². The summed E-state index contributed by atoms with van der Waals surface area (Å²) in [6.45, 7) is 19.5. The second-order valence-electron chi connectivity index (χ2n) is 9.82. The molecular weight excluding hydrogens is 363 g/mol. The molecule has 0 bridgehead atoms. The van der Waals surface area contributed by atoms with Gasteiger partial charge < -0.3 is 10.2 Å². The monoisotopic (exact) mass is 401 g/mol. The van der Waals surface area contributed by atoms with Crippen LogP contribution < -0.4 is 0 Å². The minimum Gasteiger partial charge on any atom is -0.508 e. The standard InChI is InChI=1S/C21H36O2.HO3P/c1-13(2)19(14(3)4)15-10-18(23)16(11-17(15)22)21(8,9)12-20(5,6)7;1-4(2)3/h10-11,13-14,19,22-23H,12H2,1-9H3;(H-,1,2,3)/p+1. The molecule has 0 saturated heterocycles. The summed E-state index contributed by atoms with van der Waals surface area (Å²) in [6.07, 6.45) is 0.935. The highest BCUT2D eigenvalue weighted by Gasteiger charge is 2.32. The summed E-state index contributed by atoms with van der Waals surface area (Å²) in [5.41, 5.74) is 1.66. The van der Waals surface area contributed by atoms with Crippen molar-refractivity contribution in [1.82, 2.24) is 0 Å². The number of aromatic hydroxyl groups is 2. The van der Waals surface area contributed by atoms with E-state index in [1.807, 2.05) is 0 Å². The van der Waals surface area contributed by atoms with Crippen LogP contribution in [0.4, 0.5) is 0 Å². The highest BCUT2D eigenvalue weighted by molar-refractivity contribution is 7.30. The fourth-order valence-corrected chi connectivity index (χ4v) is 4.31. The Morgan fingerprint density at radius 2 is 1.30 bits per heavy atom. The Morgan fingerprint density at radius 3 is 1.63 bits per heavy atom. The Balaban J connectivity index is 0.00000153. The van der Waals surface area contributed by atoms with E-state index in [-0.39, 0.29) is 16.7 Å². The molecule has 27 heavy (non-hydrogen) atoms. The molecule has 0 aliphatic carbocycles. The Kier molecular flexibility index (Phi) is 9.44. The molecule has 1 rings (SSSR count). The van der Waals surface area contributed by atoms with Gasteiger partial charge in [-0.2, -0.15) is 0 Å². The number of phenols is 2. The van der Waals surface area contributed by atoms with Gasteiger partial charge in [-0.15, -0.1) is 9.79 Å². The lowest BCUT2D eigenvalue weighted by molar-refractivity contribution is 0.277. The second kappa shape index (κ2) is 9.86. The molecular formula is C21H38O5P+. The largest absolute Gasteiger partial charge is 0.692 e. The summed E-state index contributed by atoms with van der Waals surface area (Å²) < 4.78 is 8.70. The van der Waals surface area contributed by atoms with E-state index in [9.17, 15) is 10.2 Å². The molecule has 156 valence electrons. The summed E-state index contributed by atoms with van der Waals surface area (Å²) in [6, 6.07) is 3.58. The number of phenolic OH excluding ortho intramolecular Hbond substituents is 2. The van der Waals surface area contributed by atoms with Crippen molar-refractivity contribution >= 4 is 8.25 Å². The molecule has 1 aromatic rings. The zero-order valence-electron chi connectivity index (χ0n) is 18.2. The average Bonchev–Trinajstić information content (AvgIpc) is 2.37. The molecule has 1 aromatic carbocycles. The fourth-order valence-electron chi connectivity index (χ4n) is 4.31. The van der Waals surface area contributed by atoms with Crippen molar-refractivity contribution in [3.8, 4) is 11.5 Å². The second-order valence-corrected chi connectivity index (χ2v) is 10.3. The summed E-state index contributed by atoms with van der Waals surface area (Å²) in [4.78, 5) is 14.2. The van der Waals surface area contributed by atoms with Gasteiger partial charge in [-0.05, 0) is 47.1 Å². The van der Waals surface area contributed by atoms with Crippen LogP contribution in [-0.2, 0) is 9.98 Å². The summed E-state index contributed by atoms with van der Waals surface area (Å²) in [5, 5.41) is 21.3. The van der Waals surface area contributed by atoms with Crippen molar-refractivity contribution in [2.45, 2.75) is 80.1 Å². The van der Waals surface area contributed by atoms with Crippen LogP contribution in [0.5, 0.6) is 11.5 Å². The van der Waals surface area contributed by atoms with E-state index in [0.29, 0.717) is 23.3 Å². The topological polar surface area (TPSA) is 98.0 Å². The molecule has 4 N–H and O–H groups in total. The molecule has 0 spiro atoms. The van der Waals surface area contributed by atoms with Crippen LogP contribution in [0.15, 0.2) is 12.1 Å². The highest BCUT2D eigenvalue weighted by atomic mass is 31.1. The number of hydrogen-bond donors (Lipinski definition) is 4. The molecule has 0 aliphatic heterocycles. The van der Waals surface area contributed by atoms with Crippen LogP contribution >= 0.6 is 8.25 Å². The van der Waals surface area contributed by atoms with E-state index in [0.717, 1.165) is 17.5 Å². The van der Waals surface area contributed by atoms with Crippen molar-refractivity contribution in [2.24, 2.45) is 17.3 Å². The molecule has 0 radical (unpaired) electrons. The van der Waals surface area contributed by atoms with Gasteiger partial charge in [-0.3, -0.25) is 0 Å². The van der Waals surface area contributed by atoms with Crippen LogP contribution in [-0.4, -0.2) is 20.0 Å². The van der Waals surface area contributed by atoms with Gasteiger partial charge in [0.15, 0.2) is 0 Å². The maximum Gasteiger partial charge on any atom is 0.692 e. The predicted molar refractivity (Wildman–Crippen MR) is 111 cm³/mol. The fraction of sp³-hybridized carbons (Fsp3) is 0.714. The lowest BCUT2D eigenvalue weighted by Gasteiger charge is -2.34. The Bertz CT molecular complexity index is 618. The van der Waals surface area contributed by atoms with Crippen LogP contribution in [0.1, 0.15) is 85.8 Å². The molecule has 0 amide bonds. The van der Waals surface area contributed by atoms with Gasteiger partial charge in [-0.1, -0.05) is 62.3 Å². The lowest BCUT2D eigenvalue weighted by atomic mass is 9.71. The van der Waals surface area contributed by atoms with Gasteiger partial charge in [0.25, 0.3) is 0 Å². The lowest BCUT2D eigenvalue weighted by Crippen LogP contribution is -2.25. The minimum absolute atomic E-state index is 0.155. The zero-order valence-corrected chi connectivity index (χ0v) is 19.1. The first kappa shape index (κ1) is 25.8. The predicted octanol–water partition coefficient (Wildman–Crippen LogP) is 5.84. The molecule has 0 heterocycles. The van der Waals surface area contributed by atoms with Gasteiger partial charge in [-0.25, -0.2) is 0 Å². The maximum absolute atomic E-state index is 10.6. The third-order valence-corrected chi connectivity index (χ3v) is 4.64. The third kappa shape index (κ3) is 8.59. The molecule has 0 fully saturated rings. The molecule has 0 aromatic heterocycles. The van der Waals surface area contributed by atoms with Gasteiger partial charge >= 0.3 is 8.25 Å². The van der Waals surface area contributed by atoms with Crippen molar-refractivity contribution in [3.63, 3.8) is 0 Å². The van der Waals surface area contributed by atoms with Crippen molar-refractivity contribution in [3.05, 3.63) is 23.3 Å². The summed E-state index contributed by atoms with van der Waals surface area (Å²) in [5.74, 6) is 1.67. The Labute approximate surface area is 165 Å². The smallest absolute Gasteiger partial charge is 0.508 e. The highest BCUT2D eigenvalue weighted by Crippen LogP contribution is 2.45. The molecule has 0 saturated carbocycles. The van der Waals surface area contributed by atoms with Crippen molar-refractivity contribution < 1.29 is 24.6 Å². The van der Waals surface area contributed by atoms with Crippen LogP contribution in [0.25, 0.3) is 0 Å². The summed E-state index contributed by atoms with van der Waals surface area (Å²) >= 11 is 0. The van der Waals surface area contributed by atoms with Crippen LogP contribution in [0, 0.1) is 17.3 Å².